The molecule has 0 radical (unpaired) electrons. The van der Waals surface area contributed by atoms with Crippen LogP contribution in [0, 0.1) is 6.92 Å². The van der Waals surface area contributed by atoms with Crippen molar-refractivity contribution in [1.29, 1.82) is 0 Å². The Hall–Kier alpha value is -1.73. The fourth-order valence-corrected chi connectivity index (χ4v) is 6.19. The molecular weight excluding hydrogens is 284 g/mol. The van der Waals surface area contributed by atoms with E-state index in [1.807, 2.05) is 0 Å². The highest BCUT2D eigenvalue weighted by Gasteiger charge is 2.27. The summed E-state index contributed by atoms with van der Waals surface area (Å²) in [6, 6.07) is 20.2. The largest absolute Gasteiger partial charge is 0.167 e. The van der Waals surface area contributed by atoms with Crippen LogP contribution in [0.25, 0.3) is 0 Å². The van der Waals surface area contributed by atoms with Gasteiger partial charge in [0.2, 0.25) is 0 Å². The van der Waals surface area contributed by atoms with Gasteiger partial charge in [0, 0.05) is 0 Å². The molecular formula is C21H24S. The molecule has 0 spiro atoms. The van der Waals surface area contributed by atoms with Crippen LogP contribution in [0.2, 0.25) is 0 Å². The predicted molar refractivity (Wildman–Crippen MR) is 98.7 cm³/mol. The summed E-state index contributed by atoms with van der Waals surface area (Å²) in [7, 11) is -1.13. The molecule has 0 heterocycles. The zero-order valence-corrected chi connectivity index (χ0v) is 14.3. The molecule has 1 heteroatoms. The molecule has 1 unspecified atom stereocenters. The Balaban J connectivity index is 2.15. The predicted octanol–water partition coefficient (Wildman–Crippen LogP) is 6.47. The van der Waals surface area contributed by atoms with Crippen molar-refractivity contribution in [3.63, 3.8) is 0 Å². The fraction of sp³-hybridized carbons (Fsp3) is 0.238. The van der Waals surface area contributed by atoms with Gasteiger partial charge < -0.3 is 0 Å². The van der Waals surface area contributed by atoms with Crippen molar-refractivity contribution in [2.45, 2.75) is 36.0 Å². The number of rotatable bonds is 3. The van der Waals surface area contributed by atoms with E-state index in [1.165, 1.54) is 34.6 Å². The van der Waals surface area contributed by atoms with Crippen LogP contribution in [-0.2, 0) is 0 Å². The maximum absolute atomic E-state index is 2.46. The molecule has 3 rings (SSSR count). The van der Waals surface area contributed by atoms with Crippen LogP contribution in [0.3, 0.4) is 0 Å². The number of hydrogen-bond donors (Lipinski definition) is 0. The SMILES string of the molecule is Cc1ccc(S(C)(C2=CC=CCCC2)c2ccccc2)cc1. The van der Waals surface area contributed by atoms with Gasteiger partial charge >= 0.3 is 0 Å². The van der Waals surface area contributed by atoms with Gasteiger partial charge in [-0.2, -0.15) is 10.0 Å². The van der Waals surface area contributed by atoms with Crippen molar-refractivity contribution in [1.82, 2.24) is 0 Å². The lowest BCUT2D eigenvalue weighted by Gasteiger charge is -2.39. The van der Waals surface area contributed by atoms with Gasteiger partial charge in [-0.3, -0.25) is 0 Å². The summed E-state index contributed by atoms with van der Waals surface area (Å²) in [5.74, 6) is 0. The first-order valence-electron chi connectivity index (χ1n) is 7.97. The topological polar surface area (TPSA) is 0 Å². The summed E-state index contributed by atoms with van der Waals surface area (Å²) < 4.78 is 0. The van der Waals surface area contributed by atoms with Gasteiger partial charge in [-0.25, -0.2) is 0 Å². The first kappa shape index (κ1) is 15.2. The van der Waals surface area contributed by atoms with Crippen LogP contribution in [0.5, 0.6) is 0 Å². The maximum Gasteiger partial charge on any atom is -0.00238 e. The number of aryl methyl sites for hydroxylation is 1. The molecule has 0 nitrogen and oxygen atoms in total. The second-order valence-corrected chi connectivity index (χ2v) is 9.30. The third-order valence-electron chi connectivity index (χ3n) is 4.44. The third kappa shape index (κ3) is 2.91. The van der Waals surface area contributed by atoms with Crippen molar-refractivity contribution >= 4 is 10.0 Å². The van der Waals surface area contributed by atoms with Crippen LogP contribution in [0.4, 0.5) is 0 Å². The van der Waals surface area contributed by atoms with E-state index in [4.69, 9.17) is 0 Å². The van der Waals surface area contributed by atoms with Gasteiger partial charge in [0.1, 0.15) is 0 Å². The molecule has 0 aromatic heterocycles. The second kappa shape index (κ2) is 6.58. The Bertz CT molecular complexity index is 680. The zero-order valence-electron chi connectivity index (χ0n) is 13.5. The Morgan fingerprint density at radius 3 is 2.27 bits per heavy atom. The van der Waals surface area contributed by atoms with Crippen molar-refractivity contribution in [2.75, 3.05) is 6.26 Å². The standard InChI is InChI=1S/C21H24S/c1-18-14-16-21(17-15-18)22(2,20-12-8-5-9-13-20)19-10-6-3-4-7-11-19/h3,5-6,8-10,12-17H,4,7,11H2,1-2H3. The first-order chi connectivity index (χ1) is 10.7. The molecule has 2 aromatic carbocycles. The Kier molecular flexibility index (Phi) is 4.54. The van der Waals surface area contributed by atoms with Crippen LogP contribution < -0.4 is 0 Å². The summed E-state index contributed by atoms with van der Waals surface area (Å²) in [5, 5.41) is 0. The van der Waals surface area contributed by atoms with Crippen LogP contribution in [-0.4, -0.2) is 6.26 Å². The molecule has 0 N–H and O–H groups in total. The average Bonchev–Trinajstić information content (AvgIpc) is 2.85. The molecule has 1 atom stereocenters. The van der Waals surface area contributed by atoms with Gasteiger partial charge in [-0.1, -0.05) is 54.1 Å². The van der Waals surface area contributed by atoms with Gasteiger partial charge in [0.15, 0.2) is 0 Å². The zero-order chi connectivity index (χ0) is 15.4. The van der Waals surface area contributed by atoms with Crippen molar-refractivity contribution < 1.29 is 0 Å². The first-order valence-corrected chi connectivity index (χ1v) is 10.0. The molecule has 22 heavy (non-hydrogen) atoms. The van der Waals surface area contributed by atoms with E-state index in [9.17, 15) is 0 Å². The molecule has 1 aliphatic carbocycles. The highest BCUT2D eigenvalue weighted by molar-refractivity contribution is 8.36. The monoisotopic (exact) mass is 308 g/mol. The van der Waals surface area contributed by atoms with E-state index in [0.717, 1.165) is 0 Å². The lowest BCUT2D eigenvalue weighted by atomic mass is 10.2. The van der Waals surface area contributed by atoms with E-state index in [1.54, 1.807) is 4.91 Å². The average molecular weight is 308 g/mol. The molecule has 0 aliphatic heterocycles. The lowest BCUT2D eigenvalue weighted by Crippen LogP contribution is -2.04. The Morgan fingerprint density at radius 2 is 1.55 bits per heavy atom. The van der Waals surface area contributed by atoms with Crippen molar-refractivity contribution in [3.8, 4) is 0 Å². The van der Waals surface area contributed by atoms with Gasteiger partial charge in [-0.15, -0.1) is 0 Å². The highest BCUT2D eigenvalue weighted by atomic mass is 32.3. The summed E-state index contributed by atoms with van der Waals surface area (Å²) in [4.78, 5) is 4.52. The van der Waals surface area contributed by atoms with Gasteiger partial charge in [-0.05, 0) is 71.4 Å². The van der Waals surface area contributed by atoms with E-state index in [0.29, 0.717) is 0 Å². The van der Waals surface area contributed by atoms with Gasteiger partial charge in [0.25, 0.3) is 0 Å². The van der Waals surface area contributed by atoms with Crippen molar-refractivity contribution in [3.05, 3.63) is 83.3 Å². The molecule has 0 bridgehead atoms. The quantitative estimate of drug-likeness (QED) is 0.609. The summed E-state index contributed by atoms with van der Waals surface area (Å²) in [6.07, 6.45) is 13.0. The Labute approximate surface area is 135 Å². The smallest absolute Gasteiger partial charge is 0.00238 e. The minimum atomic E-state index is -1.13. The molecule has 2 aromatic rings. The van der Waals surface area contributed by atoms with E-state index < -0.39 is 10.0 Å². The van der Waals surface area contributed by atoms with Crippen LogP contribution in [0.15, 0.2) is 87.5 Å². The van der Waals surface area contributed by atoms with Crippen molar-refractivity contribution in [2.24, 2.45) is 0 Å². The molecule has 1 aliphatic rings. The van der Waals surface area contributed by atoms with E-state index in [-0.39, 0.29) is 0 Å². The lowest BCUT2D eigenvalue weighted by molar-refractivity contribution is 0.865. The summed E-state index contributed by atoms with van der Waals surface area (Å²) >= 11 is 0. The summed E-state index contributed by atoms with van der Waals surface area (Å²) in [5.41, 5.74) is 1.33. The molecule has 0 fully saturated rings. The minimum Gasteiger partial charge on any atom is -0.167 e. The van der Waals surface area contributed by atoms with Crippen LogP contribution >= 0.6 is 10.0 Å². The van der Waals surface area contributed by atoms with Gasteiger partial charge in [0.05, 0.1) is 0 Å². The van der Waals surface area contributed by atoms with E-state index >= 15 is 0 Å². The maximum atomic E-state index is 2.46. The Morgan fingerprint density at radius 1 is 0.864 bits per heavy atom. The molecule has 0 amide bonds. The number of hydrogen-bond acceptors (Lipinski definition) is 0. The fourth-order valence-electron chi connectivity index (χ4n) is 3.03. The molecule has 0 saturated heterocycles. The molecule has 114 valence electrons. The minimum absolute atomic E-state index is 1.13. The second-order valence-electron chi connectivity index (χ2n) is 6.00. The third-order valence-corrected chi connectivity index (χ3v) is 8.26. The van der Waals surface area contributed by atoms with E-state index in [2.05, 4.69) is 86.0 Å². The summed E-state index contributed by atoms with van der Waals surface area (Å²) in [6.45, 7) is 2.16. The number of benzene rings is 2. The van der Waals surface area contributed by atoms with Crippen LogP contribution in [0.1, 0.15) is 24.8 Å². The molecule has 0 saturated carbocycles. The normalized spacial score (nSPS) is 18.9. The number of allylic oxidation sites excluding steroid dienone is 4. The highest BCUT2D eigenvalue weighted by Crippen LogP contribution is 2.66.